The molecular weight excluding hydrogens is 408 g/mol. The minimum absolute atomic E-state index is 0.118. The van der Waals surface area contributed by atoms with E-state index in [0.717, 1.165) is 41.9 Å². The van der Waals surface area contributed by atoms with E-state index in [-0.39, 0.29) is 12.1 Å². The van der Waals surface area contributed by atoms with Gasteiger partial charge in [-0.15, -0.1) is 0 Å². The second-order valence-electron chi connectivity index (χ2n) is 10.6. The Morgan fingerprint density at radius 1 is 0.939 bits per heavy atom. The van der Waals surface area contributed by atoms with Gasteiger partial charge in [-0.25, -0.2) is 9.97 Å². The topological polar surface area (TPSA) is 43.2 Å². The third-order valence-corrected chi connectivity index (χ3v) is 8.42. The summed E-state index contributed by atoms with van der Waals surface area (Å²) in [4.78, 5) is 12.2. The van der Waals surface area contributed by atoms with Gasteiger partial charge in [-0.1, -0.05) is 37.5 Å². The summed E-state index contributed by atoms with van der Waals surface area (Å²) in [6.07, 6.45) is 11.4. The Labute approximate surface area is 197 Å². The number of para-hydroxylation sites is 2. The average Bonchev–Trinajstić information content (AvgIpc) is 3.38. The Bertz CT molecular complexity index is 1070. The molecule has 2 saturated carbocycles. The SMILES string of the molecule is Cc1nc2ccccc2n1[C@H]1C[C@H]2CN(CC3CCCCC3)C[C@H]2C[C@@H]1Oc1ccccn1. The zero-order chi connectivity index (χ0) is 22.2. The van der Waals surface area contributed by atoms with E-state index in [1.807, 2.05) is 24.4 Å². The number of hydrogen-bond donors (Lipinski definition) is 0. The van der Waals surface area contributed by atoms with E-state index in [0.29, 0.717) is 5.92 Å². The Kier molecular flexibility index (Phi) is 5.83. The Hall–Kier alpha value is -2.40. The lowest BCUT2D eigenvalue weighted by Crippen LogP contribution is -2.40. The van der Waals surface area contributed by atoms with Crippen molar-refractivity contribution < 1.29 is 4.74 Å². The van der Waals surface area contributed by atoms with Crippen LogP contribution in [0.15, 0.2) is 48.7 Å². The number of fused-ring (bicyclic) bond motifs is 2. The van der Waals surface area contributed by atoms with E-state index < -0.39 is 0 Å². The quantitative estimate of drug-likeness (QED) is 0.510. The molecule has 0 radical (unpaired) electrons. The number of pyridine rings is 1. The van der Waals surface area contributed by atoms with E-state index in [1.165, 1.54) is 57.3 Å². The molecule has 5 nitrogen and oxygen atoms in total. The van der Waals surface area contributed by atoms with E-state index in [4.69, 9.17) is 9.72 Å². The van der Waals surface area contributed by atoms with E-state index >= 15 is 0 Å². The summed E-state index contributed by atoms with van der Waals surface area (Å²) in [5, 5.41) is 0. The maximum absolute atomic E-state index is 6.61. The highest BCUT2D eigenvalue weighted by Gasteiger charge is 2.45. The van der Waals surface area contributed by atoms with Crippen molar-refractivity contribution in [3.8, 4) is 5.88 Å². The van der Waals surface area contributed by atoms with Gasteiger partial charge in [0, 0.05) is 31.9 Å². The fraction of sp³-hybridized carbons (Fsp3) is 0.571. The summed E-state index contributed by atoms with van der Waals surface area (Å²) in [6.45, 7) is 5.93. The van der Waals surface area contributed by atoms with Gasteiger partial charge in [-0.05, 0) is 68.6 Å². The number of rotatable bonds is 5. The molecule has 0 N–H and O–H groups in total. The first kappa shape index (κ1) is 21.2. The number of aryl methyl sites for hydroxylation is 1. The van der Waals surface area contributed by atoms with Crippen LogP contribution in [0.5, 0.6) is 5.88 Å². The van der Waals surface area contributed by atoms with Gasteiger partial charge in [-0.2, -0.15) is 0 Å². The molecule has 1 saturated heterocycles. The maximum Gasteiger partial charge on any atom is 0.213 e. The van der Waals surface area contributed by atoms with Crippen LogP contribution in [0.25, 0.3) is 11.0 Å². The lowest BCUT2D eigenvalue weighted by molar-refractivity contribution is 0.0522. The maximum atomic E-state index is 6.61. The first-order valence-corrected chi connectivity index (χ1v) is 13.0. The van der Waals surface area contributed by atoms with Crippen LogP contribution < -0.4 is 4.74 Å². The molecule has 33 heavy (non-hydrogen) atoms. The van der Waals surface area contributed by atoms with Crippen molar-refractivity contribution in [3.63, 3.8) is 0 Å². The summed E-state index contributed by atoms with van der Waals surface area (Å²) in [5.41, 5.74) is 2.31. The van der Waals surface area contributed by atoms with E-state index in [1.54, 1.807) is 0 Å². The number of benzene rings is 1. The number of imidazole rings is 1. The first-order valence-electron chi connectivity index (χ1n) is 13.0. The molecule has 6 rings (SSSR count). The molecule has 5 heteroatoms. The Morgan fingerprint density at radius 2 is 1.73 bits per heavy atom. The van der Waals surface area contributed by atoms with Gasteiger partial charge in [0.1, 0.15) is 11.9 Å². The lowest BCUT2D eigenvalue weighted by Gasteiger charge is -2.39. The van der Waals surface area contributed by atoms with Crippen molar-refractivity contribution >= 4 is 11.0 Å². The van der Waals surface area contributed by atoms with Crippen molar-refractivity contribution in [1.82, 2.24) is 19.4 Å². The van der Waals surface area contributed by atoms with Crippen LogP contribution in [0, 0.1) is 24.7 Å². The number of likely N-dealkylation sites (tertiary alicyclic amines) is 1. The minimum Gasteiger partial charge on any atom is -0.472 e. The summed E-state index contributed by atoms with van der Waals surface area (Å²) >= 11 is 0. The van der Waals surface area contributed by atoms with Crippen LogP contribution in [0.4, 0.5) is 0 Å². The van der Waals surface area contributed by atoms with Crippen LogP contribution in [0.3, 0.4) is 0 Å². The normalized spacial score (nSPS) is 28.8. The average molecular weight is 445 g/mol. The molecule has 4 atom stereocenters. The smallest absolute Gasteiger partial charge is 0.213 e. The van der Waals surface area contributed by atoms with Gasteiger partial charge in [0.15, 0.2) is 0 Å². The molecule has 1 aromatic carbocycles. The molecule has 2 aromatic heterocycles. The zero-order valence-corrected chi connectivity index (χ0v) is 19.8. The molecule has 0 bridgehead atoms. The van der Waals surface area contributed by atoms with Crippen LogP contribution in [-0.2, 0) is 0 Å². The van der Waals surface area contributed by atoms with Gasteiger partial charge in [0.25, 0.3) is 0 Å². The standard InChI is InChI=1S/C28H36N4O/c1-20-30-24-11-5-6-12-25(24)32(20)26-15-22-18-31(17-21-9-3-2-4-10-21)19-23(22)16-27(26)33-28-13-7-8-14-29-28/h5-8,11-14,21-23,26-27H,2-4,9-10,15-19H2,1H3/t22-,23+,26-,27-/m0/s1. The third-order valence-electron chi connectivity index (χ3n) is 8.42. The Morgan fingerprint density at radius 3 is 2.55 bits per heavy atom. The van der Waals surface area contributed by atoms with E-state index in [9.17, 15) is 0 Å². The summed E-state index contributed by atoms with van der Waals surface area (Å²) in [7, 11) is 0. The van der Waals surface area contributed by atoms with Crippen molar-refractivity contribution in [2.75, 3.05) is 19.6 Å². The predicted molar refractivity (Wildman–Crippen MR) is 131 cm³/mol. The first-order chi connectivity index (χ1) is 16.2. The second-order valence-corrected chi connectivity index (χ2v) is 10.6. The fourth-order valence-corrected chi connectivity index (χ4v) is 6.93. The van der Waals surface area contributed by atoms with Crippen molar-refractivity contribution in [2.45, 2.75) is 64.0 Å². The van der Waals surface area contributed by atoms with Gasteiger partial charge >= 0.3 is 0 Å². The molecule has 3 aromatic rings. The van der Waals surface area contributed by atoms with Gasteiger partial charge in [0.05, 0.1) is 17.1 Å². The molecule has 0 amide bonds. The Balaban J connectivity index is 1.27. The van der Waals surface area contributed by atoms with E-state index in [2.05, 4.69) is 45.6 Å². The van der Waals surface area contributed by atoms with Crippen LogP contribution in [-0.4, -0.2) is 45.2 Å². The van der Waals surface area contributed by atoms with Gasteiger partial charge < -0.3 is 14.2 Å². The molecule has 0 spiro atoms. The molecule has 2 aliphatic carbocycles. The summed E-state index contributed by atoms with van der Waals surface area (Å²) < 4.78 is 9.07. The highest BCUT2D eigenvalue weighted by molar-refractivity contribution is 5.76. The second kappa shape index (κ2) is 9.09. The molecule has 3 fully saturated rings. The number of hydrogen-bond acceptors (Lipinski definition) is 4. The van der Waals surface area contributed by atoms with Crippen molar-refractivity contribution in [3.05, 3.63) is 54.5 Å². The van der Waals surface area contributed by atoms with Gasteiger partial charge in [0.2, 0.25) is 5.88 Å². The zero-order valence-electron chi connectivity index (χ0n) is 19.8. The van der Waals surface area contributed by atoms with Crippen LogP contribution in [0.1, 0.15) is 56.8 Å². The number of aromatic nitrogens is 3. The van der Waals surface area contributed by atoms with Gasteiger partial charge in [-0.3, -0.25) is 0 Å². The molecule has 1 aliphatic heterocycles. The molecule has 3 aliphatic rings. The summed E-state index contributed by atoms with van der Waals surface area (Å²) in [5.74, 6) is 4.20. The van der Waals surface area contributed by atoms with Crippen molar-refractivity contribution in [1.29, 1.82) is 0 Å². The highest BCUT2D eigenvalue weighted by atomic mass is 16.5. The molecule has 0 unspecified atom stereocenters. The predicted octanol–water partition coefficient (Wildman–Crippen LogP) is 5.65. The fourth-order valence-electron chi connectivity index (χ4n) is 6.93. The monoisotopic (exact) mass is 444 g/mol. The number of ether oxygens (including phenoxy) is 1. The van der Waals surface area contributed by atoms with Crippen molar-refractivity contribution in [2.24, 2.45) is 17.8 Å². The van der Waals surface area contributed by atoms with Crippen LogP contribution >= 0.6 is 0 Å². The molecular formula is C28H36N4O. The van der Waals surface area contributed by atoms with Crippen LogP contribution in [0.2, 0.25) is 0 Å². The minimum atomic E-state index is 0.118. The highest BCUT2D eigenvalue weighted by Crippen LogP contribution is 2.44. The molecule has 3 heterocycles. The third kappa shape index (κ3) is 4.28. The number of nitrogens with zero attached hydrogens (tertiary/aromatic N) is 4. The largest absolute Gasteiger partial charge is 0.472 e. The summed E-state index contributed by atoms with van der Waals surface area (Å²) in [6, 6.07) is 14.8. The lowest BCUT2D eigenvalue weighted by atomic mass is 9.77. The molecule has 174 valence electrons.